The van der Waals surface area contributed by atoms with Crippen molar-refractivity contribution in [3.05, 3.63) is 40.0 Å². The van der Waals surface area contributed by atoms with E-state index in [1.54, 1.807) is 13.8 Å². The summed E-state index contributed by atoms with van der Waals surface area (Å²) in [5.41, 5.74) is 3.24. The molecule has 0 aromatic carbocycles. The lowest BCUT2D eigenvalue weighted by Crippen LogP contribution is -2.41. The van der Waals surface area contributed by atoms with Crippen molar-refractivity contribution in [3.8, 4) is 0 Å². The van der Waals surface area contributed by atoms with Gasteiger partial charge in [-0.25, -0.2) is 0 Å². The Hall–Kier alpha value is -2.41. The van der Waals surface area contributed by atoms with Crippen LogP contribution in [0.25, 0.3) is 0 Å². The van der Waals surface area contributed by atoms with E-state index in [4.69, 9.17) is 9.26 Å². The van der Waals surface area contributed by atoms with E-state index in [0.717, 1.165) is 11.5 Å². The van der Waals surface area contributed by atoms with Crippen molar-refractivity contribution in [3.63, 3.8) is 0 Å². The van der Waals surface area contributed by atoms with Crippen LogP contribution in [0.15, 0.2) is 10.6 Å². The van der Waals surface area contributed by atoms with E-state index in [2.05, 4.69) is 15.5 Å². The second-order valence-electron chi connectivity index (χ2n) is 6.70. The molecular formula is C18H23N3O4. The summed E-state index contributed by atoms with van der Waals surface area (Å²) in [5, 5.41) is 6.94. The highest BCUT2D eigenvalue weighted by Crippen LogP contribution is 2.22. The fraction of sp³-hybridized carbons (Fsp3) is 0.500. The summed E-state index contributed by atoms with van der Waals surface area (Å²) < 4.78 is 10.8. The molecule has 2 N–H and O–H groups in total. The number of aryl methyl sites for hydroxylation is 2. The zero-order chi connectivity index (χ0) is 18.1. The van der Waals surface area contributed by atoms with Gasteiger partial charge in [0.25, 0.3) is 5.91 Å². The largest absolute Gasteiger partial charge is 0.379 e. The molecule has 7 nitrogen and oxygen atoms in total. The van der Waals surface area contributed by atoms with Gasteiger partial charge in [-0.2, -0.15) is 0 Å². The van der Waals surface area contributed by atoms with Crippen molar-refractivity contribution in [1.82, 2.24) is 15.5 Å². The van der Waals surface area contributed by atoms with Crippen molar-refractivity contribution >= 4 is 11.7 Å². The molecule has 7 heteroatoms. The molecule has 0 bridgehead atoms. The number of ketones is 1. The summed E-state index contributed by atoms with van der Waals surface area (Å²) >= 11 is 0. The number of nitrogens with one attached hydrogen (secondary N) is 2. The molecule has 1 amide bonds. The average molecular weight is 345 g/mol. The maximum atomic E-state index is 12.7. The van der Waals surface area contributed by atoms with Crippen LogP contribution in [0, 0.1) is 26.7 Å². The second kappa shape index (κ2) is 6.84. The number of nitrogens with zero attached hydrogens (tertiary/aromatic N) is 1. The molecule has 0 unspecified atom stereocenters. The Bertz CT molecular complexity index is 805. The molecule has 1 aliphatic heterocycles. The van der Waals surface area contributed by atoms with Gasteiger partial charge < -0.3 is 19.6 Å². The Morgan fingerprint density at radius 2 is 2.08 bits per heavy atom. The van der Waals surface area contributed by atoms with Crippen molar-refractivity contribution in [2.24, 2.45) is 5.92 Å². The van der Waals surface area contributed by atoms with E-state index in [0.29, 0.717) is 42.1 Å². The first-order valence-electron chi connectivity index (χ1n) is 8.37. The van der Waals surface area contributed by atoms with Gasteiger partial charge in [0.15, 0.2) is 5.78 Å². The van der Waals surface area contributed by atoms with E-state index < -0.39 is 0 Å². The van der Waals surface area contributed by atoms with Gasteiger partial charge in [0.1, 0.15) is 5.76 Å². The number of rotatable bonds is 5. The number of carbonyl (C=O) groups excluding carboxylic acids is 2. The van der Waals surface area contributed by atoms with Crippen molar-refractivity contribution < 1.29 is 18.8 Å². The molecule has 2 atom stereocenters. The molecule has 134 valence electrons. The van der Waals surface area contributed by atoms with Crippen LogP contribution in [0.2, 0.25) is 0 Å². The van der Waals surface area contributed by atoms with Crippen LogP contribution in [0.1, 0.15) is 50.5 Å². The molecule has 0 radical (unpaired) electrons. The molecule has 1 fully saturated rings. The van der Waals surface area contributed by atoms with Crippen molar-refractivity contribution in [2.45, 2.75) is 40.2 Å². The van der Waals surface area contributed by atoms with Gasteiger partial charge in [0, 0.05) is 31.0 Å². The van der Waals surface area contributed by atoms with Crippen LogP contribution in [-0.4, -0.2) is 41.1 Å². The summed E-state index contributed by atoms with van der Waals surface area (Å²) in [6.07, 6.45) is 0.662. The average Bonchev–Trinajstić information content (AvgIpc) is 3.21. The minimum Gasteiger partial charge on any atom is -0.379 e. The Morgan fingerprint density at radius 1 is 1.32 bits per heavy atom. The zero-order valence-electron chi connectivity index (χ0n) is 14.9. The van der Waals surface area contributed by atoms with Gasteiger partial charge in [0.2, 0.25) is 0 Å². The summed E-state index contributed by atoms with van der Waals surface area (Å²) in [4.78, 5) is 27.4. The highest BCUT2D eigenvalue weighted by molar-refractivity contribution is 6.02. The standard InChI is InChI=1S/C18H23N3O4/c1-9-5-14(25-21-9)6-13-7-24-8-15(13)20-18(23)16-10(2)17(12(4)22)19-11(16)3/h5,13,15,19H,6-8H2,1-4H3,(H,20,23)/t13-,15+/m0/s1. The maximum absolute atomic E-state index is 12.7. The van der Waals surface area contributed by atoms with Gasteiger partial charge in [-0.1, -0.05) is 5.16 Å². The van der Waals surface area contributed by atoms with E-state index in [-0.39, 0.29) is 23.7 Å². The normalized spacial score (nSPS) is 20.0. The second-order valence-corrected chi connectivity index (χ2v) is 6.70. The first-order chi connectivity index (χ1) is 11.9. The minimum absolute atomic E-state index is 0.0811. The lowest BCUT2D eigenvalue weighted by Gasteiger charge is -2.18. The smallest absolute Gasteiger partial charge is 0.253 e. The number of ether oxygens (including phenoxy) is 1. The highest BCUT2D eigenvalue weighted by atomic mass is 16.5. The summed E-state index contributed by atoms with van der Waals surface area (Å²) in [5.74, 6) is 0.652. The number of H-pyrrole nitrogens is 1. The van der Waals surface area contributed by atoms with Crippen LogP contribution in [0.5, 0.6) is 0 Å². The van der Waals surface area contributed by atoms with Gasteiger partial charge in [-0.15, -0.1) is 0 Å². The SMILES string of the molecule is CC(=O)c1[nH]c(C)c(C(=O)N[C@@H]2COC[C@@H]2Cc2cc(C)no2)c1C. The number of carbonyl (C=O) groups is 2. The molecule has 0 saturated carbocycles. The van der Waals surface area contributed by atoms with Gasteiger partial charge in [-0.05, 0) is 26.3 Å². The monoisotopic (exact) mass is 345 g/mol. The molecule has 3 heterocycles. The fourth-order valence-corrected chi connectivity index (χ4v) is 3.41. The Morgan fingerprint density at radius 3 is 2.68 bits per heavy atom. The van der Waals surface area contributed by atoms with Crippen molar-refractivity contribution in [2.75, 3.05) is 13.2 Å². The molecule has 3 rings (SSSR count). The Balaban J connectivity index is 1.73. The van der Waals surface area contributed by atoms with E-state index in [1.807, 2.05) is 13.0 Å². The van der Waals surface area contributed by atoms with Crippen LogP contribution in [0.3, 0.4) is 0 Å². The lowest BCUT2D eigenvalue weighted by molar-refractivity contribution is 0.0923. The van der Waals surface area contributed by atoms with Crippen LogP contribution in [0.4, 0.5) is 0 Å². The predicted molar refractivity (Wildman–Crippen MR) is 90.8 cm³/mol. The number of hydrogen-bond donors (Lipinski definition) is 2. The van der Waals surface area contributed by atoms with Gasteiger partial charge >= 0.3 is 0 Å². The molecule has 25 heavy (non-hydrogen) atoms. The number of hydrogen-bond acceptors (Lipinski definition) is 5. The quantitative estimate of drug-likeness (QED) is 0.809. The third kappa shape index (κ3) is 3.51. The van der Waals surface area contributed by atoms with Crippen LogP contribution < -0.4 is 5.32 Å². The van der Waals surface area contributed by atoms with Gasteiger partial charge in [-0.3, -0.25) is 9.59 Å². The third-order valence-electron chi connectivity index (χ3n) is 4.67. The summed E-state index contributed by atoms with van der Waals surface area (Å²) in [7, 11) is 0. The molecule has 1 aliphatic rings. The first kappa shape index (κ1) is 17.4. The minimum atomic E-state index is -0.187. The number of aromatic amines is 1. The van der Waals surface area contributed by atoms with Crippen molar-refractivity contribution in [1.29, 1.82) is 0 Å². The predicted octanol–water partition coefficient (Wildman–Crippen LogP) is 2.12. The molecule has 1 saturated heterocycles. The summed E-state index contributed by atoms with van der Waals surface area (Å²) in [6, 6.07) is 1.80. The molecule has 2 aromatic rings. The molecule has 0 spiro atoms. The molecular weight excluding hydrogens is 322 g/mol. The van der Waals surface area contributed by atoms with E-state index >= 15 is 0 Å². The third-order valence-corrected chi connectivity index (χ3v) is 4.67. The Labute approximate surface area is 146 Å². The number of amides is 1. The number of aromatic nitrogens is 2. The lowest BCUT2D eigenvalue weighted by atomic mass is 9.97. The first-order valence-corrected chi connectivity index (χ1v) is 8.37. The van der Waals surface area contributed by atoms with E-state index in [1.165, 1.54) is 6.92 Å². The van der Waals surface area contributed by atoms with Gasteiger partial charge in [0.05, 0.1) is 36.2 Å². The van der Waals surface area contributed by atoms with Crippen LogP contribution in [-0.2, 0) is 11.2 Å². The fourth-order valence-electron chi connectivity index (χ4n) is 3.41. The molecule has 2 aromatic heterocycles. The zero-order valence-corrected chi connectivity index (χ0v) is 14.9. The topological polar surface area (TPSA) is 97.2 Å². The maximum Gasteiger partial charge on any atom is 0.253 e. The van der Waals surface area contributed by atoms with E-state index in [9.17, 15) is 9.59 Å². The highest BCUT2D eigenvalue weighted by Gasteiger charge is 2.32. The number of Topliss-reactive ketones (excluding diaryl/α,β-unsaturated/α-hetero) is 1. The van der Waals surface area contributed by atoms with Crippen LogP contribution >= 0.6 is 0 Å². The Kier molecular flexibility index (Phi) is 4.76. The molecule has 0 aliphatic carbocycles. The summed E-state index contributed by atoms with van der Waals surface area (Å²) in [6.45, 7) is 7.98.